The highest BCUT2D eigenvalue weighted by Crippen LogP contribution is 2.40. The Bertz CT molecular complexity index is 398. The first-order valence-electron chi connectivity index (χ1n) is 6.55. The van der Waals surface area contributed by atoms with Gasteiger partial charge < -0.3 is 24.8 Å². The number of rotatable bonds is 5. The molecule has 0 bridgehead atoms. The zero-order chi connectivity index (χ0) is 13.7. The number of piperidine rings is 1. The fourth-order valence-electron chi connectivity index (χ4n) is 2.37. The highest BCUT2D eigenvalue weighted by Gasteiger charge is 2.16. The maximum absolute atomic E-state index is 5.35. The van der Waals surface area contributed by atoms with Gasteiger partial charge in [-0.1, -0.05) is 0 Å². The lowest BCUT2D eigenvalue weighted by molar-refractivity contribution is 0.324. The molecule has 0 saturated carbocycles. The molecule has 1 aromatic carbocycles. The lowest BCUT2D eigenvalue weighted by Gasteiger charge is -2.25. The number of anilines is 1. The Morgan fingerprint density at radius 1 is 1.00 bits per heavy atom. The van der Waals surface area contributed by atoms with Crippen LogP contribution in [0.1, 0.15) is 12.8 Å². The second kappa shape index (κ2) is 8.07. The van der Waals surface area contributed by atoms with Gasteiger partial charge in [0.15, 0.2) is 11.5 Å². The predicted octanol–water partition coefficient (Wildman–Crippen LogP) is 2.30. The SMILES string of the molecule is COc1cc(NC2CCNCC2)cc(OC)c1OC.Cl. The Kier molecular flexibility index (Phi) is 6.75. The van der Waals surface area contributed by atoms with Gasteiger partial charge in [-0.15, -0.1) is 12.4 Å². The second-order valence-corrected chi connectivity index (χ2v) is 4.58. The number of ether oxygens (including phenoxy) is 3. The van der Waals surface area contributed by atoms with Crippen molar-refractivity contribution in [2.24, 2.45) is 0 Å². The van der Waals surface area contributed by atoms with Crippen molar-refractivity contribution in [2.45, 2.75) is 18.9 Å². The molecular formula is C14H23ClN2O3. The zero-order valence-corrected chi connectivity index (χ0v) is 13.0. The van der Waals surface area contributed by atoms with Crippen molar-refractivity contribution in [3.8, 4) is 17.2 Å². The van der Waals surface area contributed by atoms with Crippen molar-refractivity contribution in [3.63, 3.8) is 0 Å². The van der Waals surface area contributed by atoms with Crippen LogP contribution in [0.25, 0.3) is 0 Å². The molecule has 0 radical (unpaired) electrons. The molecule has 0 spiro atoms. The first-order valence-corrected chi connectivity index (χ1v) is 6.55. The Labute approximate surface area is 126 Å². The summed E-state index contributed by atoms with van der Waals surface area (Å²) in [6.45, 7) is 2.12. The molecule has 1 aliphatic rings. The van der Waals surface area contributed by atoms with Crippen LogP contribution in [-0.2, 0) is 0 Å². The van der Waals surface area contributed by atoms with Crippen molar-refractivity contribution in [1.82, 2.24) is 5.32 Å². The zero-order valence-electron chi connectivity index (χ0n) is 12.2. The number of nitrogens with one attached hydrogen (secondary N) is 2. The first-order chi connectivity index (χ1) is 9.28. The highest BCUT2D eigenvalue weighted by molar-refractivity contribution is 5.85. The van der Waals surface area contributed by atoms with E-state index < -0.39 is 0 Å². The Balaban J connectivity index is 0.00000200. The van der Waals surface area contributed by atoms with Crippen LogP contribution in [0.15, 0.2) is 12.1 Å². The van der Waals surface area contributed by atoms with Gasteiger partial charge in [0.05, 0.1) is 21.3 Å². The van der Waals surface area contributed by atoms with E-state index in [9.17, 15) is 0 Å². The van der Waals surface area contributed by atoms with Gasteiger partial charge in [-0.25, -0.2) is 0 Å². The Morgan fingerprint density at radius 2 is 1.55 bits per heavy atom. The number of methoxy groups -OCH3 is 3. The maximum atomic E-state index is 5.35. The number of benzene rings is 1. The van der Waals surface area contributed by atoms with Gasteiger partial charge in [-0.05, 0) is 25.9 Å². The van der Waals surface area contributed by atoms with Crippen LogP contribution in [0, 0.1) is 0 Å². The summed E-state index contributed by atoms with van der Waals surface area (Å²) in [5.41, 5.74) is 1.00. The molecule has 2 rings (SSSR count). The number of hydrogen-bond acceptors (Lipinski definition) is 5. The molecule has 0 unspecified atom stereocenters. The summed E-state index contributed by atoms with van der Waals surface area (Å²) in [5.74, 6) is 1.98. The fraction of sp³-hybridized carbons (Fsp3) is 0.571. The molecule has 1 aromatic rings. The van der Waals surface area contributed by atoms with Crippen LogP contribution in [0.5, 0.6) is 17.2 Å². The normalized spacial score (nSPS) is 15.2. The molecule has 5 nitrogen and oxygen atoms in total. The van der Waals surface area contributed by atoms with Crippen molar-refractivity contribution in [3.05, 3.63) is 12.1 Å². The molecule has 1 saturated heterocycles. The summed E-state index contributed by atoms with van der Waals surface area (Å²) in [6.07, 6.45) is 2.24. The molecule has 0 aromatic heterocycles. The number of hydrogen-bond donors (Lipinski definition) is 2. The van der Waals surface area contributed by atoms with Crippen LogP contribution in [0.3, 0.4) is 0 Å². The van der Waals surface area contributed by atoms with E-state index in [4.69, 9.17) is 14.2 Å². The van der Waals surface area contributed by atoms with Gasteiger partial charge in [0.2, 0.25) is 5.75 Å². The van der Waals surface area contributed by atoms with Gasteiger partial charge in [0, 0.05) is 23.9 Å². The summed E-state index contributed by atoms with van der Waals surface area (Å²) in [4.78, 5) is 0. The minimum atomic E-state index is 0. The first kappa shape index (κ1) is 16.7. The largest absolute Gasteiger partial charge is 0.493 e. The van der Waals surface area contributed by atoms with Crippen LogP contribution in [-0.4, -0.2) is 40.5 Å². The van der Waals surface area contributed by atoms with Crippen LogP contribution < -0.4 is 24.8 Å². The highest BCUT2D eigenvalue weighted by atomic mass is 35.5. The van der Waals surface area contributed by atoms with Gasteiger partial charge in [0.1, 0.15) is 0 Å². The Morgan fingerprint density at radius 3 is 2.00 bits per heavy atom. The van der Waals surface area contributed by atoms with Crippen LogP contribution in [0.4, 0.5) is 5.69 Å². The van der Waals surface area contributed by atoms with Gasteiger partial charge in [-0.2, -0.15) is 0 Å². The summed E-state index contributed by atoms with van der Waals surface area (Å²) < 4.78 is 16.0. The molecule has 0 aliphatic carbocycles. The molecule has 114 valence electrons. The lowest BCUT2D eigenvalue weighted by atomic mass is 10.1. The summed E-state index contributed by atoms with van der Waals surface area (Å²) in [7, 11) is 4.87. The predicted molar refractivity (Wildman–Crippen MR) is 82.9 cm³/mol. The Hall–Kier alpha value is -1.33. The van der Waals surface area contributed by atoms with Crippen molar-refractivity contribution in [2.75, 3.05) is 39.7 Å². The molecule has 0 amide bonds. The van der Waals surface area contributed by atoms with E-state index >= 15 is 0 Å². The van der Waals surface area contributed by atoms with Crippen LogP contribution in [0.2, 0.25) is 0 Å². The van der Waals surface area contributed by atoms with Crippen molar-refractivity contribution in [1.29, 1.82) is 0 Å². The average Bonchev–Trinajstić information content (AvgIpc) is 2.47. The van der Waals surface area contributed by atoms with E-state index in [2.05, 4.69) is 10.6 Å². The monoisotopic (exact) mass is 302 g/mol. The second-order valence-electron chi connectivity index (χ2n) is 4.58. The van der Waals surface area contributed by atoms with Crippen LogP contribution >= 0.6 is 12.4 Å². The van der Waals surface area contributed by atoms with Gasteiger partial charge >= 0.3 is 0 Å². The maximum Gasteiger partial charge on any atom is 0.203 e. The van der Waals surface area contributed by atoms with Crippen molar-refractivity contribution >= 4 is 18.1 Å². The van der Waals surface area contributed by atoms with E-state index in [1.807, 2.05) is 12.1 Å². The molecule has 1 fully saturated rings. The quantitative estimate of drug-likeness (QED) is 0.874. The van der Waals surface area contributed by atoms with E-state index in [1.165, 1.54) is 0 Å². The average molecular weight is 303 g/mol. The van der Waals surface area contributed by atoms with Gasteiger partial charge in [0.25, 0.3) is 0 Å². The third-order valence-corrected chi connectivity index (χ3v) is 3.37. The van der Waals surface area contributed by atoms with Crippen molar-refractivity contribution < 1.29 is 14.2 Å². The molecule has 0 atom stereocenters. The lowest BCUT2D eigenvalue weighted by Crippen LogP contribution is -2.35. The topological polar surface area (TPSA) is 51.8 Å². The third-order valence-electron chi connectivity index (χ3n) is 3.37. The minimum Gasteiger partial charge on any atom is -0.493 e. The molecular weight excluding hydrogens is 280 g/mol. The summed E-state index contributed by atoms with van der Waals surface area (Å²) >= 11 is 0. The molecule has 1 heterocycles. The minimum absolute atomic E-state index is 0. The van der Waals surface area contributed by atoms with Gasteiger partial charge in [-0.3, -0.25) is 0 Å². The van der Waals surface area contributed by atoms with E-state index in [0.29, 0.717) is 23.3 Å². The third kappa shape index (κ3) is 3.84. The van der Waals surface area contributed by atoms with E-state index in [1.54, 1.807) is 21.3 Å². The summed E-state index contributed by atoms with van der Waals surface area (Å²) in [6, 6.07) is 4.39. The number of halogens is 1. The molecule has 1 aliphatic heterocycles. The molecule has 20 heavy (non-hydrogen) atoms. The standard InChI is InChI=1S/C14H22N2O3.ClH/c1-17-12-8-11(9-13(18-2)14(12)19-3)16-10-4-6-15-7-5-10;/h8-10,15-16H,4-7H2,1-3H3;1H. The molecule has 6 heteroatoms. The smallest absolute Gasteiger partial charge is 0.203 e. The summed E-state index contributed by atoms with van der Waals surface area (Å²) in [5, 5.41) is 6.88. The fourth-order valence-corrected chi connectivity index (χ4v) is 2.37. The van der Waals surface area contributed by atoms with E-state index in [0.717, 1.165) is 31.6 Å². The molecule has 2 N–H and O–H groups in total. The van der Waals surface area contributed by atoms with E-state index in [-0.39, 0.29) is 12.4 Å².